The van der Waals surface area contributed by atoms with Crippen LogP contribution < -0.4 is 0 Å². The molecule has 0 heterocycles. The molecule has 3 atom stereocenters. The molecule has 2 rings (SSSR count). The Bertz CT molecular complexity index is 874. The van der Waals surface area contributed by atoms with Crippen molar-refractivity contribution in [1.82, 2.24) is 0 Å². The minimum Gasteiger partial charge on any atom is -0.458 e. The van der Waals surface area contributed by atoms with Gasteiger partial charge in [0.1, 0.15) is 6.10 Å². The lowest BCUT2D eigenvalue weighted by molar-refractivity contribution is -0.384. The number of carbonyl (C=O) groups is 4. The summed E-state index contributed by atoms with van der Waals surface area (Å²) in [6.45, 7) is 3.48. The summed E-state index contributed by atoms with van der Waals surface area (Å²) < 4.78 is 15.7. The number of ketones is 1. The minimum atomic E-state index is -1.93. The van der Waals surface area contributed by atoms with Crippen LogP contribution in [0.15, 0.2) is 36.4 Å². The van der Waals surface area contributed by atoms with Crippen LogP contribution in [-0.2, 0) is 28.6 Å². The van der Waals surface area contributed by atoms with Gasteiger partial charge in [-0.25, -0.2) is 4.79 Å². The highest BCUT2D eigenvalue weighted by atomic mass is 16.6. The van der Waals surface area contributed by atoms with E-state index in [1.807, 2.05) is 0 Å². The summed E-state index contributed by atoms with van der Waals surface area (Å²) in [6.07, 6.45) is 0.396. The van der Waals surface area contributed by atoms with Crippen molar-refractivity contribution in [3.63, 3.8) is 0 Å². The van der Waals surface area contributed by atoms with Crippen molar-refractivity contribution in [2.45, 2.75) is 45.0 Å². The quantitative estimate of drug-likeness (QED) is 0.228. The molecule has 10 heteroatoms. The van der Waals surface area contributed by atoms with Crippen molar-refractivity contribution in [2.24, 2.45) is 0 Å². The van der Waals surface area contributed by atoms with Gasteiger partial charge < -0.3 is 14.2 Å². The number of nitrogens with zero attached hydrogens (tertiary/aromatic N) is 1. The van der Waals surface area contributed by atoms with E-state index in [1.165, 1.54) is 31.2 Å². The number of ether oxygens (including phenoxy) is 3. The Labute approximate surface area is 165 Å². The lowest BCUT2D eigenvalue weighted by atomic mass is 9.81. The Balaban J connectivity index is 2.38. The predicted molar refractivity (Wildman–Crippen MR) is 96.8 cm³/mol. The number of hydrogen-bond donors (Lipinski definition) is 0. The zero-order chi connectivity index (χ0) is 21.8. The van der Waals surface area contributed by atoms with Crippen LogP contribution in [0.25, 0.3) is 0 Å². The number of nitro groups is 1. The molecule has 0 amide bonds. The zero-order valence-electron chi connectivity index (χ0n) is 15.9. The van der Waals surface area contributed by atoms with Gasteiger partial charge in [0.05, 0.1) is 10.5 Å². The average molecular weight is 405 g/mol. The van der Waals surface area contributed by atoms with Crippen LogP contribution in [0.4, 0.5) is 5.69 Å². The Morgan fingerprint density at radius 1 is 1.00 bits per heavy atom. The highest BCUT2D eigenvalue weighted by Gasteiger charge is 2.52. The normalized spacial score (nSPS) is 23.0. The fourth-order valence-electron chi connectivity index (χ4n) is 2.93. The van der Waals surface area contributed by atoms with E-state index in [0.29, 0.717) is 0 Å². The molecular weight excluding hydrogens is 386 g/mol. The fourth-order valence-corrected chi connectivity index (χ4v) is 2.93. The molecule has 10 nitrogen and oxygen atoms in total. The van der Waals surface area contributed by atoms with Crippen molar-refractivity contribution in [1.29, 1.82) is 0 Å². The molecule has 0 saturated heterocycles. The molecule has 0 aromatic heterocycles. The molecule has 0 saturated carbocycles. The van der Waals surface area contributed by atoms with Crippen molar-refractivity contribution >= 4 is 29.4 Å². The highest BCUT2D eigenvalue weighted by Crippen LogP contribution is 2.34. The van der Waals surface area contributed by atoms with Crippen molar-refractivity contribution in [3.05, 3.63) is 52.1 Å². The molecule has 0 N–H and O–H groups in total. The third kappa shape index (κ3) is 5.03. The van der Waals surface area contributed by atoms with E-state index in [1.54, 1.807) is 0 Å². The van der Waals surface area contributed by atoms with E-state index in [2.05, 4.69) is 0 Å². The second-order valence-corrected chi connectivity index (χ2v) is 6.41. The van der Waals surface area contributed by atoms with Crippen LogP contribution in [0.3, 0.4) is 0 Å². The van der Waals surface area contributed by atoms with Crippen LogP contribution in [-0.4, -0.2) is 46.4 Å². The van der Waals surface area contributed by atoms with E-state index in [9.17, 15) is 29.3 Å². The van der Waals surface area contributed by atoms with Gasteiger partial charge in [0.15, 0.2) is 11.9 Å². The maximum Gasteiger partial charge on any atom is 0.339 e. The summed E-state index contributed by atoms with van der Waals surface area (Å²) in [5.74, 6) is -2.89. The first-order chi connectivity index (χ1) is 13.5. The first-order valence-corrected chi connectivity index (χ1v) is 8.56. The summed E-state index contributed by atoms with van der Waals surface area (Å²) in [6, 6.07) is 4.58. The molecule has 0 fully saturated rings. The van der Waals surface area contributed by atoms with E-state index in [0.717, 1.165) is 26.0 Å². The minimum absolute atomic E-state index is 0.0450. The second kappa shape index (κ2) is 8.63. The molecule has 29 heavy (non-hydrogen) atoms. The van der Waals surface area contributed by atoms with Gasteiger partial charge in [-0.3, -0.25) is 24.5 Å². The molecule has 0 radical (unpaired) electrons. The van der Waals surface area contributed by atoms with Crippen molar-refractivity contribution in [2.75, 3.05) is 0 Å². The second-order valence-electron chi connectivity index (χ2n) is 6.41. The summed E-state index contributed by atoms with van der Waals surface area (Å²) in [4.78, 5) is 58.1. The predicted octanol–water partition coefficient (Wildman–Crippen LogP) is 1.90. The number of carbonyl (C=O) groups excluding carboxylic acids is 4. The van der Waals surface area contributed by atoms with Crippen molar-refractivity contribution < 1.29 is 38.3 Å². The molecule has 154 valence electrons. The lowest BCUT2D eigenvalue weighted by Gasteiger charge is -2.40. The fraction of sp³-hybridized carbons (Fsp3) is 0.368. The molecule has 0 aliphatic heterocycles. The number of esters is 3. The smallest absolute Gasteiger partial charge is 0.339 e. The van der Waals surface area contributed by atoms with Gasteiger partial charge in [-0.2, -0.15) is 0 Å². The number of hydrogen-bond acceptors (Lipinski definition) is 9. The van der Waals surface area contributed by atoms with Crippen LogP contribution >= 0.6 is 0 Å². The monoisotopic (exact) mass is 405 g/mol. The van der Waals surface area contributed by atoms with Crippen LogP contribution in [0.5, 0.6) is 0 Å². The van der Waals surface area contributed by atoms with Crippen LogP contribution in [0, 0.1) is 10.1 Å². The number of non-ortho nitro benzene ring substituents is 1. The van der Waals surface area contributed by atoms with Gasteiger partial charge in [0.25, 0.3) is 5.69 Å². The number of benzene rings is 1. The Morgan fingerprint density at radius 2 is 1.59 bits per heavy atom. The summed E-state index contributed by atoms with van der Waals surface area (Å²) in [5, 5.41) is 10.8. The first kappa shape index (κ1) is 21.7. The van der Waals surface area contributed by atoms with Gasteiger partial charge in [-0.05, 0) is 31.2 Å². The highest BCUT2D eigenvalue weighted by molar-refractivity contribution is 5.95. The molecule has 0 spiro atoms. The van der Waals surface area contributed by atoms with Crippen LogP contribution in [0.2, 0.25) is 0 Å². The maximum absolute atomic E-state index is 12.6. The lowest BCUT2D eigenvalue weighted by Crippen LogP contribution is -2.56. The molecule has 1 aromatic carbocycles. The SMILES string of the molecule is CC(=O)O[C@H]1C=C[C@@H](OC(C)=O)[C@@](OC(=O)c2ccc([N+](=O)[O-])cc2)(C(C)=O)C1. The van der Waals surface area contributed by atoms with E-state index in [4.69, 9.17) is 14.2 Å². The van der Waals surface area contributed by atoms with E-state index >= 15 is 0 Å². The van der Waals surface area contributed by atoms with Gasteiger partial charge in [0, 0.05) is 32.4 Å². The van der Waals surface area contributed by atoms with E-state index < -0.39 is 46.4 Å². The van der Waals surface area contributed by atoms with Gasteiger partial charge in [0.2, 0.25) is 5.60 Å². The maximum atomic E-state index is 12.6. The van der Waals surface area contributed by atoms with Gasteiger partial charge in [-0.15, -0.1) is 0 Å². The molecule has 0 bridgehead atoms. The summed E-state index contributed by atoms with van der Waals surface area (Å²) >= 11 is 0. The molecule has 1 aliphatic rings. The van der Waals surface area contributed by atoms with Gasteiger partial charge in [-0.1, -0.05) is 0 Å². The number of Topliss-reactive ketones (excluding diaryl/α,β-unsaturated/α-hetero) is 1. The Kier molecular flexibility index (Phi) is 6.47. The first-order valence-electron chi connectivity index (χ1n) is 8.56. The van der Waals surface area contributed by atoms with Crippen molar-refractivity contribution in [3.8, 4) is 0 Å². The third-order valence-electron chi connectivity index (χ3n) is 4.26. The third-order valence-corrected chi connectivity index (χ3v) is 4.26. The molecule has 1 aliphatic carbocycles. The standard InChI is InChI=1S/C19H19NO9/c1-11(21)19(29-18(24)14-4-6-15(7-5-14)20(25)26)10-16(27-12(2)22)8-9-17(19)28-13(3)23/h4-9,16-17H,10H2,1-3H3/t16-,17+,19-/m0/s1. The zero-order valence-corrected chi connectivity index (χ0v) is 15.9. The van der Waals surface area contributed by atoms with Crippen LogP contribution in [0.1, 0.15) is 37.6 Å². The summed E-state index contributed by atoms with van der Waals surface area (Å²) in [5.41, 5.74) is -2.20. The topological polar surface area (TPSA) is 139 Å². The molecular formula is C19H19NO9. The van der Waals surface area contributed by atoms with E-state index in [-0.39, 0.29) is 17.7 Å². The average Bonchev–Trinajstić information content (AvgIpc) is 2.62. The Hall–Kier alpha value is -3.56. The number of rotatable bonds is 6. The summed E-state index contributed by atoms with van der Waals surface area (Å²) in [7, 11) is 0. The Morgan fingerprint density at radius 3 is 2.07 bits per heavy atom. The number of nitro benzene ring substituents is 1. The molecule has 0 unspecified atom stereocenters. The molecule has 1 aromatic rings. The van der Waals surface area contributed by atoms with Gasteiger partial charge >= 0.3 is 17.9 Å². The largest absolute Gasteiger partial charge is 0.458 e.